The fraction of sp³-hybridized carbons (Fsp3) is 0.0667. The molecule has 0 radical (unpaired) electrons. The van der Waals surface area contributed by atoms with Gasteiger partial charge in [-0.2, -0.15) is 5.10 Å². The minimum atomic E-state index is -0.828. The molecule has 1 heterocycles. The monoisotopic (exact) mass is 287 g/mol. The van der Waals surface area contributed by atoms with Gasteiger partial charge in [-0.15, -0.1) is 0 Å². The second-order valence-corrected chi connectivity index (χ2v) is 4.63. The molecule has 0 atom stereocenters. The van der Waals surface area contributed by atoms with Crippen molar-refractivity contribution in [3.8, 4) is 0 Å². The number of hydrogen-bond donors (Lipinski definition) is 2. The number of aromatic amines is 1. The van der Waals surface area contributed by atoms with E-state index >= 15 is 0 Å². The van der Waals surface area contributed by atoms with Crippen LogP contribution in [0.2, 0.25) is 0 Å². The predicted octanol–water partition coefficient (Wildman–Crippen LogP) is 3.40. The third kappa shape index (κ3) is 2.24. The molecule has 1 amide bonds. The first kappa shape index (κ1) is 13.2. The summed E-state index contributed by atoms with van der Waals surface area (Å²) in [5.74, 6) is -2.29. The summed E-state index contributed by atoms with van der Waals surface area (Å²) in [5, 5.41) is 9.42. The molecule has 0 fully saturated rings. The van der Waals surface area contributed by atoms with E-state index < -0.39 is 23.2 Å². The largest absolute Gasteiger partial charge is 0.316 e. The average Bonchev–Trinajstić information content (AvgIpc) is 2.91. The number of anilines is 1. The van der Waals surface area contributed by atoms with Crippen molar-refractivity contribution in [1.29, 1.82) is 0 Å². The van der Waals surface area contributed by atoms with E-state index in [-0.39, 0.29) is 11.3 Å². The molecular weight excluding hydrogens is 276 g/mol. The van der Waals surface area contributed by atoms with Crippen LogP contribution in [-0.2, 0) is 0 Å². The van der Waals surface area contributed by atoms with Crippen LogP contribution in [0.4, 0.5) is 14.5 Å². The second-order valence-electron chi connectivity index (χ2n) is 4.63. The maximum absolute atomic E-state index is 13.9. The number of amides is 1. The van der Waals surface area contributed by atoms with Gasteiger partial charge in [0.15, 0.2) is 11.5 Å². The van der Waals surface area contributed by atoms with Gasteiger partial charge in [0.1, 0.15) is 11.5 Å². The molecular formula is C15H11F2N3O. The summed E-state index contributed by atoms with van der Waals surface area (Å²) in [7, 11) is 0. The van der Waals surface area contributed by atoms with Gasteiger partial charge in [0.25, 0.3) is 5.91 Å². The Morgan fingerprint density at radius 2 is 1.95 bits per heavy atom. The lowest BCUT2D eigenvalue weighted by molar-refractivity contribution is 0.102. The van der Waals surface area contributed by atoms with E-state index in [0.29, 0.717) is 10.9 Å². The first-order valence-electron chi connectivity index (χ1n) is 6.27. The SMILES string of the molecule is Cc1ccc(F)c(NC(=O)c2n[nH]c3ccccc23)c1F. The average molecular weight is 287 g/mol. The smallest absolute Gasteiger partial charge is 0.276 e. The maximum atomic E-state index is 13.9. The molecule has 4 nitrogen and oxygen atoms in total. The Labute approximate surface area is 118 Å². The summed E-state index contributed by atoms with van der Waals surface area (Å²) in [5.41, 5.74) is 0.546. The number of aryl methyl sites for hydroxylation is 1. The van der Waals surface area contributed by atoms with Gasteiger partial charge >= 0.3 is 0 Å². The molecule has 3 aromatic rings. The van der Waals surface area contributed by atoms with E-state index in [2.05, 4.69) is 15.5 Å². The molecule has 0 spiro atoms. The number of fused-ring (bicyclic) bond motifs is 1. The molecule has 2 N–H and O–H groups in total. The van der Waals surface area contributed by atoms with Crippen LogP contribution >= 0.6 is 0 Å². The Kier molecular flexibility index (Phi) is 3.13. The molecule has 0 aliphatic rings. The summed E-state index contributed by atoms with van der Waals surface area (Å²) in [6, 6.07) is 9.43. The van der Waals surface area contributed by atoms with E-state index in [4.69, 9.17) is 0 Å². The number of nitrogens with one attached hydrogen (secondary N) is 2. The predicted molar refractivity (Wildman–Crippen MR) is 75.1 cm³/mol. The number of H-pyrrole nitrogens is 1. The highest BCUT2D eigenvalue weighted by molar-refractivity contribution is 6.11. The standard InChI is InChI=1S/C15H11F2N3O/c1-8-6-7-10(16)14(12(8)17)18-15(21)13-9-4-2-3-5-11(9)19-20-13/h2-7H,1H3,(H,18,21)(H,19,20). The Morgan fingerprint density at radius 1 is 1.19 bits per heavy atom. The van der Waals surface area contributed by atoms with Crippen molar-refractivity contribution < 1.29 is 13.6 Å². The van der Waals surface area contributed by atoms with E-state index in [1.165, 1.54) is 13.0 Å². The van der Waals surface area contributed by atoms with Gasteiger partial charge in [0.2, 0.25) is 0 Å². The van der Waals surface area contributed by atoms with Crippen molar-refractivity contribution in [2.75, 3.05) is 5.32 Å². The third-order valence-corrected chi connectivity index (χ3v) is 3.21. The van der Waals surface area contributed by atoms with Gasteiger partial charge in [0.05, 0.1) is 5.52 Å². The lowest BCUT2D eigenvalue weighted by Gasteiger charge is -2.08. The molecule has 0 aliphatic carbocycles. The van der Waals surface area contributed by atoms with Gasteiger partial charge in [-0.05, 0) is 24.6 Å². The summed E-state index contributed by atoms with van der Waals surface area (Å²) in [6.07, 6.45) is 0. The summed E-state index contributed by atoms with van der Waals surface area (Å²) >= 11 is 0. The topological polar surface area (TPSA) is 57.8 Å². The normalized spacial score (nSPS) is 10.8. The maximum Gasteiger partial charge on any atom is 0.276 e. The number of benzene rings is 2. The number of para-hydroxylation sites is 1. The van der Waals surface area contributed by atoms with Gasteiger partial charge < -0.3 is 5.32 Å². The van der Waals surface area contributed by atoms with E-state index in [1.54, 1.807) is 24.3 Å². The molecule has 0 bridgehead atoms. The Bertz CT molecular complexity index is 842. The molecule has 0 saturated heterocycles. The number of nitrogens with zero attached hydrogens (tertiary/aromatic N) is 1. The number of rotatable bonds is 2. The van der Waals surface area contributed by atoms with Crippen molar-refractivity contribution in [1.82, 2.24) is 10.2 Å². The highest BCUT2D eigenvalue weighted by atomic mass is 19.1. The summed E-state index contributed by atoms with van der Waals surface area (Å²) in [4.78, 5) is 12.2. The van der Waals surface area contributed by atoms with E-state index in [9.17, 15) is 13.6 Å². The second kappa shape index (κ2) is 4.97. The van der Waals surface area contributed by atoms with Crippen LogP contribution in [0.15, 0.2) is 36.4 Å². The Morgan fingerprint density at radius 3 is 2.76 bits per heavy atom. The summed E-state index contributed by atoms with van der Waals surface area (Å²) in [6.45, 7) is 1.49. The summed E-state index contributed by atoms with van der Waals surface area (Å²) < 4.78 is 27.6. The van der Waals surface area contributed by atoms with Crippen molar-refractivity contribution in [2.24, 2.45) is 0 Å². The number of aromatic nitrogens is 2. The molecule has 0 aliphatic heterocycles. The molecule has 6 heteroatoms. The van der Waals surface area contributed by atoms with Crippen molar-refractivity contribution in [3.63, 3.8) is 0 Å². The molecule has 0 unspecified atom stereocenters. The van der Waals surface area contributed by atoms with Crippen molar-refractivity contribution >= 4 is 22.5 Å². The van der Waals surface area contributed by atoms with Crippen LogP contribution in [0.5, 0.6) is 0 Å². The number of hydrogen-bond acceptors (Lipinski definition) is 2. The molecule has 3 rings (SSSR count). The van der Waals surface area contributed by atoms with Crippen molar-refractivity contribution in [3.05, 3.63) is 59.3 Å². The zero-order chi connectivity index (χ0) is 15.0. The zero-order valence-corrected chi connectivity index (χ0v) is 11.1. The van der Waals surface area contributed by atoms with Gasteiger partial charge in [0, 0.05) is 5.39 Å². The molecule has 106 valence electrons. The minimum absolute atomic E-state index is 0.0888. The Balaban J connectivity index is 1.99. The molecule has 0 saturated carbocycles. The fourth-order valence-corrected chi connectivity index (χ4v) is 2.08. The van der Waals surface area contributed by atoms with Gasteiger partial charge in [-0.25, -0.2) is 8.78 Å². The zero-order valence-electron chi connectivity index (χ0n) is 11.1. The lowest BCUT2D eigenvalue weighted by atomic mass is 10.1. The van der Waals surface area contributed by atoms with Gasteiger partial charge in [-0.3, -0.25) is 9.89 Å². The lowest BCUT2D eigenvalue weighted by Crippen LogP contribution is -2.15. The quantitative estimate of drug-likeness (QED) is 0.759. The fourth-order valence-electron chi connectivity index (χ4n) is 2.08. The molecule has 21 heavy (non-hydrogen) atoms. The molecule has 1 aromatic heterocycles. The van der Waals surface area contributed by atoms with Crippen LogP contribution in [0, 0.1) is 18.6 Å². The third-order valence-electron chi connectivity index (χ3n) is 3.21. The van der Waals surface area contributed by atoms with Gasteiger partial charge in [-0.1, -0.05) is 24.3 Å². The van der Waals surface area contributed by atoms with Crippen LogP contribution in [0.3, 0.4) is 0 Å². The van der Waals surface area contributed by atoms with E-state index in [0.717, 1.165) is 6.07 Å². The highest BCUT2D eigenvalue weighted by Gasteiger charge is 2.18. The van der Waals surface area contributed by atoms with Crippen LogP contribution in [0.25, 0.3) is 10.9 Å². The first-order chi connectivity index (χ1) is 10.1. The number of halogens is 2. The number of carbonyl (C=O) groups excluding carboxylic acids is 1. The van der Waals surface area contributed by atoms with Crippen LogP contribution in [-0.4, -0.2) is 16.1 Å². The van der Waals surface area contributed by atoms with E-state index in [1.807, 2.05) is 0 Å². The van der Waals surface area contributed by atoms with Crippen LogP contribution in [0.1, 0.15) is 16.1 Å². The van der Waals surface area contributed by atoms with Crippen molar-refractivity contribution in [2.45, 2.75) is 6.92 Å². The first-order valence-corrected chi connectivity index (χ1v) is 6.27. The Hall–Kier alpha value is -2.76. The number of carbonyl (C=O) groups is 1. The minimum Gasteiger partial charge on any atom is -0.316 e. The van der Waals surface area contributed by atoms with Crippen LogP contribution < -0.4 is 5.32 Å². The highest BCUT2D eigenvalue weighted by Crippen LogP contribution is 2.23. The molecule has 2 aromatic carbocycles.